The smallest absolute Gasteiger partial charge is 0.262 e. The molecule has 6 heteroatoms. The van der Waals surface area contributed by atoms with E-state index >= 15 is 0 Å². The fourth-order valence-electron chi connectivity index (χ4n) is 3.39. The molecule has 142 valence electrons. The van der Waals surface area contributed by atoms with Crippen molar-refractivity contribution in [1.82, 2.24) is 9.55 Å². The molecule has 0 N–H and O–H groups in total. The van der Waals surface area contributed by atoms with Crippen LogP contribution in [0, 0.1) is 13.8 Å². The van der Waals surface area contributed by atoms with Crippen LogP contribution < -0.4 is 10.3 Å². The molecule has 0 saturated heterocycles. The van der Waals surface area contributed by atoms with Gasteiger partial charge in [0.1, 0.15) is 22.2 Å². The molecule has 0 fully saturated rings. The molecule has 5 nitrogen and oxygen atoms in total. The van der Waals surface area contributed by atoms with Crippen LogP contribution >= 0.6 is 11.3 Å². The molecular weight excluding hydrogens is 360 g/mol. The molecule has 0 aliphatic carbocycles. The van der Waals surface area contributed by atoms with Gasteiger partial charge in [-0.05, 0) is 44.0 Å². The summed E-state index contributed by atoms with van der Waals surface area (Å²) in [6, 6.07) is 5.95. The molecule has 0 bridgehead atoms. The lowest BCUT2D eigenvalue weighted by Crippen LogP contribution is -2.26. The SMILES string of the molecule is CCc1nc2sc(C)c(-c3ccc(OC)c(C)c3)c2c(=O)n1CCC(C)=O. The van der Waals surface area contributed by atoms with Gasteiger partial charge in [-0.1, -0.05) is 13.0 Å². The van der Waals surface area contributed by atoms with E-state index in [9.17, 15) is 9.59 Å². The summed E-state index contributed by atoms with van der Waals surface area (Å²) in [6.45, 7) is 7.91. The summed E-state index contributed by atoms with van der Waals surface area (Å²) in [6.07, 6.45) is 0.983. The van der Waals surface area contributed by atoms with Crippen molar-refractivity contribution in [3.63, 3.8) is 0 Å². The number of carbonyl (C=O) groups is 1. The number of nitrogens with zero attached hydrogens (tertiary/aromatic N) is 2. The minimum absolute atomic E-state index is 0.0640. The van der Waals surface area contributed by atoms with Crippen LogP contribution in [-0.2, 0) is 17.8 Å². The zero-order valence-electron chi connectivity index (χ0n) is 16.4. The van der Waals surface area contributed by atoms with Gasteiger partial charge in [0, 0.05) is 29.8 Å². The van der Waals surface area contributed by atoms with E-state index in [1.54, 1.807) is 29.9 Å². The Bertz CT molecular complexity index is 1080. The van der Waals surface area contributed by atoms with Gasteiger partial charge in [0.15, 0.2) is 0 Å². The molecule has 0 spiro atoms. The Balaban J connectivity index is 2.26. The predicted octanol–water partition coefficient (Wildman–Crippen LogP) is 4.29. The Kier molecular flexibility index (Phi) is 5.46. The molecule has 0 aliphatic heterocycles. The normalized spacial score (nSPS) is 11.1. The van der Waals surface area contributed by atoms with Gasteiger partial charge in [-0.3, -0.25) is 14.2 Å². The van der Waals surface area contributed by atoms with Crippen LogP contribution in [-0.4, -0.2) is 22.4 Å². The third-order valence-electron chi connectivity index (χ3n) is 4.75. The molecule has 0 radical (unpaired) electrons. The number of aromatic nitrogens is 2. The van der Waals surface area contributed by atoms with E-state index in [-0.39, 0.29) is 11.3 Å². The number of ketones is 1. The molecule has 0 unspecified atom stereocenters. The van der Waals surface area contributed by atoms with Crippen LogP contribution in [0.25, 0.3) is 21.3 Å². The summed E-state index contributed by atoms with van der Waals surface area (Å²) < 4.78 is 7.02. The minimum atomic E-state index is -0.0640. The van der Waals surface area contributed by atoms with Crippen molar-refractivity contribution in [3.05, 3.63) is 44.8 Å². The number of thiophene rings is 1. The van der Waals surface area contributed by atoms with E-state index in [0.717, 1.165) is 38.0 Å². The summed E-state index contributed by atoms with van der Waals surface area (Å²) in [5, 5.41) is 0.641. The topological polar surface area (TPSA) is 61.2 Å². The van der Waals surface area contributed by atoms with Crippen LogP contribution in [0.4, 0.5) is 0 Å². The highest BCUT2D eigenvalue weighted by Crippen LogP contribution is 2.37. The molecule has 1 aromatic carbocycles. The average Bonchev–Trinajstić information content (AvgIpc) is 2.96. The first-order chi connectivity index (χ1) is 12.9. The van der Waals surface area contributed by atoms with Crippen molar-refractivity contribution in [3.8, 4) is 16.9 Å². The summed E-state index contributed by atoms with van der Waals surface area (Å²) in [4.78, 5) is 31.3. The quantitative estimate of drug-likeness (QED) is 0.636. The van der Waals surface area contributed by atoms with E-state index in [1.165, 1.54) is 0 Å². The summed E-state index contributed by atoms with van der Waals surface area (Å²) >= 11 is 1.54. The van der Waals surface area contributed by atoms with Crippen LogP contribution in [0.2, 0.25) is 0 Å². The average molecular weight is 385 g/mol. The zero-order chi connectivity index (χ0) is 19.7. The molecule has 2 heterocycles. The Morgan fingerprint density at radius 1 is 1.30 bits per heavy atom. The van der Waals surface area contributed by atoms with Crippen molar-refractivity contribution in [2.45, 2.75) is 47.1 Å². The van der Waals surface area contributed by atoms with Gasteiger partial charge in [-0.15, -0.1) is 11.3 Å². The highest BCUT2D eigenvalue weighted by atomic mass is 32.1. The van der Waals surface area contributed by atoms with Gasteiger partial charge in [0.2, 0.25) is 0 Å². The first kappa shape index (κ1) is 19.3. The summed E-state index contributed by atoms with van der Waals surface area (Å²) in [5.41, 5.74) is 2.87. The van der Waals surface area contributed by atoms with E-state index < -0.39 is 0 Å². The Morgan fingerprint density at radius 3 is 2.63 bits per heavy atom. The molecule has 0 atom stereocenters. The van der Waals surface area contributed by atoms with Crippen LogP contribution in [0.1, 0.15) is 36.5 Å². The van der Waals surface area contributed by atoms with Crippen LogP contribution in [0.5, 0.6) is 5.75 Å². The number of methoxy groups -OCH3 is 1. The number of aryl methyl sites for hydroxylation is 3. The molecular formula is C21H24N2O3S. The number of Topliss-reactive ketones (excluding diaryl/α,β-unsaturated/α-hetero) is 1. The highest BCUT2D eigenvalue weighted by molar-refractivity contribution is 7.19. The molecule has 0 saturated carbocycles. The number of hydrogen-bond acceptors (Lipinski definition) is 5. The number of carbonyl (C=O) groups excluding carboxylic acids is 1. The van der Waals surface area contributed by atoms with Gasteiger partial charge >= 0.3 is 0 Å². The highest BCUT2D eigenvalue weighted by Gasteiger charge is 2.20. The maximum absolute atomic E-state index is 13.3. The maximum atomic E-state index is 13.3. The lowest BCUT2D eigenvalue weighted by molar-refractivity contribution is -0.117. The number of hydrogen-bond donors (Lipinski definition) is 0. The zero-order valence-corrected chi connectivity index (χ0v) is 17.2. The third-order valence-corrected chi connectivity index (χ3v) is 5.75. The first-order valence-electron chi connectivity index (χ1n) is 9.04. The van der Waals surface area contributed by atoms with Crippen LogP contribution in [0.15, 0.2) is 23.0 Å². The molecule has 27 heavy (non-hydrogen) atoms. The van der Waals surface area contributed by atoms with Crippen molar-refractivity contribution < 1.29 is 9.53 Å². The second kappa shape index (κ2) is 7.64. The van der Waals surface area contributed by atoms with Crippen molar-refractivity contribution in [1.29, 1.82) is 0 Å². The van der Waals surface area contributed by atoms with Gasteiger partial charge in [-0.25, -0.2) is 4.98 Å². The van der Waals surface area contributed by atoms with Gasteiger partial charge in [-0.2, -0.15) is 0 Å². The van der Waals surface area contributed by atoms with E-state index in [1.807, 2.05) is 39.0 Å². The number of ether oxygens (including phenoxy) is 1. The minimum Gasteiger partial charge on any atom is -0.496 e. The fraction of sp³-hybridized carbons (Fsp3) is 0.381. The maximum Gasteiger partial charge on any atom is 0.262 e. The first-order valence-corrected chi connectivity index (χ1v) is 9.86. The Morgan fingerprint density at radius 2 is 2.04 bits per heavy atom. The van der Waals surface area contributed by atoms with Crippen molar-refractivity contribution >= 4 is 27.3 Å². The van der Waals surface area contributed by atoms with E-state index in [4.69, 9.17) is 9.72 Å². The second-order valence-corrected chi connectivity index (χ2v) is 7.89. The largest absolute Gasteiger partial charge is 0.496 e. The number of rotatable bonds is 6. The van der Waals surface area contributed by atoms with Crippen molar-refractivity contribution in [2.24, 2.45) is 0 Å². The number of benzene rings is 1. The van der Waals surface area contributed by atoms with E-state index in [0.29, 0.717) is 24.8 Å². The van der Waals surface area contributed by atoms with E-state index in [2.05, 4.69) is 0 Å². The fourth-order valence-corrected chi connectivity index (χ4v) is 4.44. The Hall–Kier alpha value is -2.47. The van der Waals surface area contributed by atoms with Crippen LogP contribution in [0.3, 0.4) is 0 Å². The second-order valence-electron chi connectivity index (χ2n) is 6.69. The molecule has 3 rings (SSSR count). The predicted molar refractivity (Wildman–Crippen MR) is 110 cm³/mol. The van der Waals surface area contributed by atoms with Crippen molar-refractivity contribution in [2.75, 3.05) is 7.11 Å². The van der Waals surface area contributed by atoms with Gasteiger partial charge < -0.3 is 4.74 Å². The monoisotopic (exact) mass is 384 g/mol. The van der Waals surface area contributed by atoms with Gasteiger partial charge in [0.05, 0.1) is 12.5 Å². The Labute approximate surface area is 162 Å². The number of fused-ring (bicyclic) bond motifs is 1. The van der Waals surface area contributed by atoms with Gasteiger partial charge in [0.25, 0.3) is 5.56 Å². The lowest BCUT2D eigenvalue weighted by atomic mass is 10.0. The summed E-state index contributed by atoms with van der Waals surface area (Å²) in [7, 11) is 1.65. The molecule has 2 aromatic heterocycles. The molecule has 0 amide bonds. The third kappa shape index (κ3) is 3.54. The summed E-state index contributed by atoms with van der Waals surface area (Å²) in [5.74, 6) is 1.62. The molecule has 0 aliphatic rings. The standard InChI is InChI=1S/C21H24N2O3S/c1-6-17-22-20-19(21(25)23(17)10-9-13(3)24)18(14(4)27-20)15-7-8-16(26-5)12(2)11-15/h7-8,11H,6,9-10H2,1-5H3. The molecule has 3 aromatic rings. The lowest BCUT2D eigenvalue weighted by Gasteiger charge is -2.12.